The van der Waals surface area contributed by atoms with Gasteiger partial charge in [0.1, 0.15) is 17.1 Å². The van der Waals surface area contributed by atoms with Crippen molar-refractivity contribution < 1.29 is 31.6 Å². The van der Waals surface area contributed by atoms with Gasteiger partial charge < -0.3 is 31.9 Å². The Morgan fingerprint density at radius 1 is 1.00 bits per heavy atom. The third-order valence-corrected chi connectivity index (χ3v) is 8.34. The molecule has 0 bridgehead atoms. The monoisotopic (exact) mass is 573 g/mol. The lowest BCUT2D eigenvalue weighted by atomic mass is 10.1. The first kappa shape index (κ1) is 26.2. The van der Waals surface area contributed by atoms with Crippen molar-refractivity contribution in [3.05, 3.63) is 78.0 Å². The van der Waals surface area contributed by atoms with Crippen LogP contribution in [0.25, 0.3) is 10.9 Å². The van der Waals surface area contributed by atoms with Gasteiger partial charge in [0, 0.05) is 31.6 Å². The molecule has 1 fully saturated rings. The van der Waals surface area contributed by atoms with Crippen molar-refractivity contribution >= 4 is 34.3 Å². The SMILES string of the molecule is Cc1oc(=O)oc1COC(=O)c1c2n(c3cc(N4CCN(Cc5oc(=O)oc5C)CC4)c(F)cc3c1=O)C(C)S2. The van der Waals surface area contributed by atoms with Crippen molar-refractivity contribution in [1.82, 2.24) is 9.47 Å². The third kappa shape index (κ3) is 4.46. The van der Waals surface area contributed by atoms with Crippen molar-refractivity contribution in [3.63, 3.8) is 0 Å². The Bertz CT molecular complexity index is 1820. The summed E-state index contributed by atoms with van der Waals surface area (Å²) in [5.41, 5.74) is 0.0515. The van der Waals surface area contributed by atoms with Gasteiger partial charge >= 0.3 is 17.6 Å². The number of rotatable bonds is 6. The second-order valence-electron chi connectivity index (χ2n) is 9.62. The third-order valence-electron chi connectivity index (χ3n) is 7.16. The highest BCUT2D eigenvalue weighted by Crippen LogP contribution is 2.47. The zero-order chi connectivity index (χ0) is 28.3. The Kier molecular flexibility index (Phi) is 6.45. The molecule has 40 heavy (non-hydrogen) atoms. The average molecular weight is 574 g/mol. The van der Waals surface area contributed by atoms with Gasteiger partial charge in [0.05, 0.1) is 28.1 Å². The molecule has 12 nitrogen and oxygen atoms in total. The highest BCUT2D eigenvalue weighted by atomic mass is 32.2. The maximum absolute atomic E-state index is 15.4. The van der Waals surface area contributed by atoms with E-state index in [1.54, 1.807) is 13.0 Å². The number of hydrogen-bond donors (Lipinski definition) is 0. The summed E-state index contributed by atoms with van der Waals surface area (Å²) >= 11 is 1.33. The van der Waals surface area contributed by atoms with Gasteiger partial charge in [-0.3, -0.25) is 9.69 Å². The summed E-state index contributed by atoms with van der Waals surface area (Å²) in [6.07, 6.45) is 0. The molecule has 5 heterocycles. The van der Waals surface area contributed by atoms with E-state index in [0.717, 1.165) is 0 Å². The zero-order valence-corrected chi connectivity index (χ0v) is 22.6. The molecule has 0 aliphatic carbocycles. The molecule has 1 saturated heterocycles. The van der Waals surface area contributed by atoms with E-state index >= 15 is 4.39 Å². The number of fused-ring (bicyclic) bond motifs is 3. The van der Waals surface area contributed by atoms with Crippen LogP contribution in [0.3, 0.4) is 0 Å². The topological polar surface area (TPSA) is 141 Å². The number of halogens is 1. The minimum atomic E-state index is -0.920. The molecule has 0 amide bonds. The maximum Gasteiger partial charge on any atom is 0.519 e. The lowest BCUT2D eigenvalue weighted by Gasteiger charge is -2.37. The van der Waals surface area contributed by atoms with Crippen LogP contribution in [-0.2, 0) is 17.9 Å². The van der Waals surface area contributed by atoms with Crippen molar-refractivity contribution in [3.8, 4) is 0 Å². The number of nitrogens with zero attached hydrogens (tertiary/aromatic N) is 3. The second-order valence-corrected chi connectivity index (χ2v) is 10.9. The summed E-state index contributed by atoms with van der Waals surface area (Å²) in [7, 11) is 0. The normalized spacial score (nSPS) is 17.2. The van der Waals surface area contributed by atoms with E-state index in [4.69, 9.17) is 22.4 Å². The number of anilines is 1. The molecule has 210 valence electrons. The summed E-state index contributed by atoms with van der Waals surface area (Å²) in [6.45, 7) is 7.31. The molecular weight excluding hydrogens is 549 g/mol. The Hall–Kier alpha value is -4.04. The molecule has 1 atom stereocenters. The van der Waals surface area contributed by atoms with E-state index < -0.39 is 28.9 Å². The van der Waals surface area contributed by atoms with Crippen LogP contribution in [0.1, 0.15) is 45.7 Å². The Morgan fingerprint density at radius 2 is 1.65 bits per heavy atom. The lowest BCUT2D eigenvalue weighted by molar-refractivity contribution is 0.0435. The van der Waals surface area contributed by atoms with E-state index in [1.165, 1.54) is 24.8 Å². The fourth-order valence-corrected chi connectivity index (χ4v) is 6.19. The van der Waals surface area contributed by atoms with Gasteiger partial charge in [-0.15, -0.1) is 0 Å². The maximum atomic E-state index is 15.4. The van der Waals surface area contributed by atoms with Crippen molar-refractivity contribution in [2.24, 2.45) is 0 Å². The molecule has 2 aliphatic rings. The quantitative estimate of drug-likeness (QED) is 0.313. The number of hydrogen-bond acceptors (Lipinski definition) is 12. The molecule has 0 saturated carbocycles. The molecular formula is C26H24FN3O9S. The molecule has 1 aromatic carbocycles. The number of ether oxygens (including phenoxy) is 1. The van der Waals surface area contributed by atoms with E-state index in [9.17, 15) is 19.2 Å². The largest absolute Gasteiger partial charge is 0.519 e. The molecule has 0 N–H and O–H groups in total. The molecule has 1 unspecified atom stereocenters. The molecule has 6 rings (SSSR count). The second kappa shape index (κ2) is 9.86. The molecule has 2 aliphatic heterocycles. The van der Waals surface area contributed by atoms with E-state index in [0.29, 0.717) is 60.5 Å². The number of carbonyl (C=O) groups is 1. The minimum Gasteiger partial charge on any atom is -0.454 e. The van der Waals surface area contributed by atoms with Gasteiger partial charge in [0.15, 0.2) is 23.9 Å². The number of esters is 1. The van der Waals surface area contributed by atoms with Crippen LogP contribution in [-0.4, -0.2) is 41.6 Å². The number of aryl methyl sites for hydroxylation is 2. The number of benzene rings is 1. The molecule has 14 heteroatoms. The first-order chi connectivity index (χ1) is 19.1. The number of piperazine rings is 1. The predicted octanol–water partition coefficient (Wildman–Crippen LogP) is 3.15. The first-order valence-electron chi connectivity index (χ1n) is 12.5. The van der Waals surface area contributed by atoms with Gasteiger partial charge in [-0.2, -0.15) is 0 Å². The van der Waals surface area contributed by atoms with Gasteiger partial charge in [-0.05, 0) is 32.9 Å². The van der Waals surface area contributed by atoms with E-state index in [-0.39, 0.29) is 34.5 Å². The molecule has 0 radical (unpaired) electrons. The van der Waals surface area contributed by atoms with E-state index in [1.807, 2.05) is 16.4 Å². The molecule has 4 aromatic rings. The highest BCUT2D eigenvalue weighted by Gasteiger charge is 2.34. The van der Waals surface area contributed by atoms with Gasteiger partial charge in [-0.1, -0.05) is 11.8 Å². The summed E-state index contributed by atoms with van der Waals surface area (Å²) in [5.74, 6) is -2.01. The van der Waals surface area contributed by atoms with Crippen LogP contribution in [0.15, 0.2) is 49.2 Å². The summed E-state index contributed by atoms with van der Waals surface area (Å²) in [6, 6.07) is 2.82. The van der Waals surface area contributed by atoms with Crippen molar-refractivity contribution in [2.45, 2.75) is 44.3 Å². The molecule has 3 aromatic heterocycles. The predicted molar refractivity (Wildman–Crippen MR) is 139 cm³/mol. The number of thioether (sulfide) groups is 1. The standard InChI is InChI=1S/C26H24FN3O9S/c1-12-19(38-25(33)36-12)10-28-4-6-29(7-5-28)18-9-17-15(8-16(18)27)22(31)21(23-30(17)14(3)40-23)24(32)35-11-20-13(2)37-26(34)39-20/h8-9,14H,4-7,10-11H2,1-3H3. The minimum absolute atomic E-state index is 0.0410. The first-order valence-corrected chi connectivity index (χ1v) is 13.4. The number of pyridine rings is 1. The number of carbonyl (C=O) groups excluding carboxylic acids is 1. The molecule has 0 spiro atoms. The van der Waals surface area contributed by atoms with E-state index in [2.05, 4.69) is 4.90 Å². The van der Waals surface area contributed by atoms with Crippen LogP contribution in [0, 0.1) is 19.7 Å². The summed E-state index contributed by atoms with van der Waals surface area (Å²) in [4.78, 5) is 52.9. The van der Waals surface area contributed by atoms with Gasteiger partial charge in [0.2, 0.25) is 5.43 Å². The Morgan fingerprint density at radius 3 is 2.25 bits per heavy atom. The average Bonchev–Trinajstić information content (AvgIpc) is 3.40. The van der Waals surface area contributed by atoms with Crippen molar-refractivity contribution in [2.75, 3.05) is 31.1 Å². The van der Waals surface area contributed by atoms with Gasteiger partial charge in [0.25, 0.3) is 0 Å². The number of aromatic nitrogens is 1. The van der Waals surface area contributed by atoms with Crippen LogP contribution < -0.4 is 22.0 Å². The van der Waals surface area contributed by atoms with Gasteiger partial charge in [-0.25, -0.2) is 18.8 Å². The van der Waals surface area contributed by atoms with Crippen LogP contribution >= 0.6 is 11.8 Å². The smallest absolute Gasteiger partial charge is 0.454 e. The fraction of sp³-hybridized carbons (Fsp3) is 0.385. The highest BCUT2D eigenvalue weighted by molar-refractivity contribution is 8.00. The lowest BCUT2D eigenvalue weighted by Crippen LogP contribution is -2.46. The fourth-order valence-electron chi connectivity index (χ4n) is 5.04. The Balaban J connectivity index is 1.26. The van der Waals surface area contributed by atoms with Crippen molar-refractivity contribution in [1.29, 1.82) is 0 Å². The summed E-state index contributed by atoms with van der Waals surface area (Å²) in [5, 5.41) is 0.403. The van der Waals surface area contributed by atoms with Crippen LogP contribution in [0.5, 0.6) is 0 Å². The summed E-state index contributed by atoms with van der Waals surface area (Å²) < 4.78 is 42.2. The van der Waals surface area contributed by atoms with Crippen LogP contribution in [0.4, 0.5) is 10.1 Å². The van der Waals surface area contributed by atoms with Crippen LogP contribution in [0.2, 0.25) is 0 Å². The Labute approximate surface area is 228 Å². The zero-order valence-electron chi connectivity index (χ0n) is 21.8.